The molecule has 0 heterocycles. The normalized spacial score (nSPS) is 44.6. The highest BCUT2D eigenvalue weighted by molar-refractivity contribution is 5.25. The van der Waals surface area contributed by atoms with Crippen LogP contribution in [0.5, 0.6) is 0 Å². The van der Waals surface area contributed by atoms with Crippen molar-refractivity contribution in [1.29, 1.82) is 0 Å². The molecular formula is C29H50O2. The van der Waals surface area contributed by atoms with Gasteiger partial charge in [0.1, 0.15) is 0 Å². The zero-order chi connectivity index (χ0) is 22.6. The molecule has 0 aromatic rings. The van der Waals surface area contributed by atoms with E-state index in [4.69, 9.17) is 0 Å². The molecule has 0 radical (unpaired) electrons. The summed E-state index contributed by atoms with van der Waals surface area (Å²) in [5, 5.41) is 20.8. The predicted molar refractivity (Wildman–Crippen MR) is 130 cm³/mol. The van der Waals surface area contributed by atoms with Crippen LogP contribution < -0.4 is 0 Å². The van der Waals surface area contributed by atoms with Crippen molar-refractivity contribution in [3.63, 3.8) is 0 Å². The third-order valence-electron chi connectivity index (χ3n) is 11.3. The Kier molecular flexibility index (Phi) is 6.50. The van der Waals surface area contributed by atoms with E-state index in [0.717, 1.165) is 55.3 Å². The summed E-state index contributed by atoms with van der Waals surface area (Å²) in [6, 6.07) is 0. The van der Waals surface area contributed by atoms with E-state index in [0.29, 0.717) is 16.7 Å². The van der Waals surface area contributed by atoms with Gasteiger partial charge in [-0.2, -0.15) is 0 Å². The first-order valence-electron chi connectivity index (χ1n) is 13.6. The van der Waals surface area contributed by atoms with Gasteiger partial charge in [-0.25, -0.2) is 0 Å². The van der Waals surface area contributed by atoms with Crippen LogP contribution in [0.2, 0.25) is 0 Å². The summed E-state index contributed by atoms with van der Waals surface area (Å²) in [4.78, 5) is 0. The first-order chi connectivity index (χ1) is 14.5. The smallest absolute Gasteiger partial charge is 0.0619 e. The molecule has 178 valence electrons. The molecule has 0 saturated heterocycles. The lowest BCUT2D eigenvalue weighted by atomic mass is 9.47. The second-order valence-corrected chi connectivity index (χ2v) is 13.2. The first-order valence-corrected chi connectivity index (χ1v) is 13.6. The number of rotatable bonds is 6. The molecule has 0 bridgehead atoms. The standard InChI is InChI=1S/C29H50O2/c1-7-20(27(3,4)31)9-8-19(2)24-12-13-25-23-11-10-21-18-22(30)14-16-28(21,5)26(23)15-17-29(24,25)6/h10,19-20,22-26,30-31H,7-9,11-18H2,1-6H3/t19-,20-,22+,23-,24-,25-,26-,28+,29-/m1/s1. The van der Waals surface area contributed by atoms with Gasteiger partial charge < -0.3 is 10.2 Å². The van der Waals surface area contributed by atoms with Crippen LogP contribution in [0.25, 0.3) is 0 Å². The summed E-state index contributed by atoms with van der Waals surface area (Å²) in [6.07, 6.45) is 16.0. The SMILES string of the molecule is CC[C@H](CC[C@@H](C)[C@H]1CC[C@@H]2[C@H]3CC=C4C[C@@H](O)CC[C@]4(C)[C@@H]3CC[C@@]21C)C(C)(C)O. The van der Waals surface area contributed by atoms with Gasteiger partial charge in [0.25, 0.3) is 0 Å². The van der Waals surface area contributed by atoms with Gasteiger partial charge in [0, 0.05) is 0 Å². The van der Waals surface area contributed by atoms with Gasteiger partial charge in [0.15, 0.2) is 0 Å². The van der Waals surface area contributed by atoms with E-state index < -0.39 is 5.60 Å². The molecule has 0 spiro atoms. The van der Waals surface area contributed by atoms with Crippen LogP contribution in [0, 0.1) is 46.3 Å². The molecule has 3 saturated carbocycles. The molecule has 2 heteroatoms. The Morgan fingerprint density at radius 1 is 1.06 bits per heavy atom. The molecule has 4 aliphatic rings. The molecule has 0 aromatic heterocycles. The Hall–Kier alpha value is -0.340. The average molecular weight is 431 g/mol. The molecule has 0 aromatic carbocycles. The van der Waals surface area contributed by atoms with Crippen molar-refractivity contribution in [3.05, 3.63) is 11.6 Å². The largest absolute Gasteiger partial charge is 0.393 e. The zero-order valence-corrected chi connectivity index (χ0v) is 21.3. The van der Waals surface area contributed by atoms with Crippen LogP contribution in [-0.4, -0.2) is 21.9 Å². The van der Waals surface area contributed by atoms with E-state index in [2.05, 4.69) is 33.8 Å². The summed E-state index contributed by atoms with van der Waals surface area (Å²) in [5.41, 5.74) is 1.90. The van der Waals surface area contributed by atoms with Crippen molar-refractivity contribution in [2.75, 3.05) is 0 Å². The number of hydrogen-bond donors (Lipinski definition) is 2. The van der Waals surface area contributed by atoms with Crippen LogP contribution in [0.4, 0.5) is 0 Å². The van der Waals surface area contributed by atoms with Crippen molar-refractivity contribution < 1.29 is 10.2 Å². The highest BCUT2D eigenvalue weighted by Crippen LogP contribution is 2.67. The third-order valence-corrected chi connectivity index (χ3v) is 11.3. The van der Waals surface area contributed by atoms with Crippen molar-refractivity contribution in [2.45, 2.75) is 124 Å². The Morgan fingerprint density at radius 3 is 2.48 bits per heavy atom. The molecule has 4 rings (SSSR count). The van der Waals surface area contributed by atoms with E-state index in [9.17, 15) is 10.2 Å². The summed E-state index contributed by atoms with van der Waals surface area (Å²) in [7, 11) is 0. The Labute approximate surface area is 192 Å². The third kappa shape index (κ3) is 4.07. The molecule has 0 unspecified atom stereocenters. The maximum absolute atomic E-state index is 10.5. The lowest BCUT2D eigenvalue weighted by molar-refractivity contribution is -0.0584. The van der Waals surface area contributed by atoms with E-state index in [1.54, 1.807) is 5.57 Å². The van der Waals surface area contributed by atoms with Crippen LogP contribution >= 0.6 is 0 Å². The molecule has 4 aliphatic carbocycles. The summed E-state index contributed by atoms with van der Waals surface area (Å²) >= 11 is 0. The highest BCUT2D eigenvalue weighted by atomic mass is 16.3. The van der Waals surface area contributed by atoms with E-state index >= 15 is 0 Å². The molecular weight excluding hydrogens is 380 g/mol. The number of aliphatic hydroxyl groups excluding tert-OH is 1. The first kappa shape index (κ1) is 23.8. The van der Waals surface area contributed by atoms with Gasteiger partial charge in [-0.1, -0.05) is 52.2 Å². The minimum absolute atomic E-state index is 0.0997. The fraction of sp³-hybridized carbons (Fsp3) is 0.931. The fourth-order valence-corrected chi connectivity index (χ4v) is 9.34. The van der Waals surface area contributed by atoms with Crippen LogP contribution in [-0.2, 0) is 0 Å². The zero-order valence-electron chi connectivity index (χ0n) is 21.3. The molecule has 2 N–H and O–H groups in total. The van der Waals surface area contributed by atoms with Gasteiger partial charge in [-0.15, -0.1) is 0 Å². The van der Waals surface area contributed by atoms with Crippen molar-refractivity contribution in [2.24, 2.45) is 46.3 Å². The van der Waals surface area contributed by atoms with Crippen molar-refractivity contribution >= 4 is 0 Å². The van der Waals surface area contributed by atoms with Crippen LogP contribution in [0.3, 0.4) is 0 Å². The molecule has 2 nitrogen and oxygen atoms in total. The number of fused-ring (bicyclic) bond motifs is 5. The monoisotopic (exact) mass is 430 g/mol. The van der Waals surface area contributed by atoms with Crippen LogP contribution in [0.1, 0.15) is 112 Å². The average Bonchev–Trinajstić information content (AvgIpc) is 3.05. The van der Waals surface area contributed by atoms with Gasteiger partial charge in [-0.05, 0) is 118 Å². The topological polar surface area (TPSA) is 40.5 Å². The number of hydrogen-bond acceptors (Lipinski definition) is 2. The van der Waals surface area contributed by atoms with Gasteiger partial charge in [-0.3, -0.25) is 0 Å². The van der Waals surface area contributed by atoms with Crippen molar-refractivity contribution in [1.82, 2.24) is 0 Å². The summed E-state index contributed by atoms with van der Waals surface area (Å²) in [5.74, 6) is 4.62. The summed E-state index contributed by atoms with van der Waals surface area (Å²) in [6.45, 7) is 13.9. The van der Waals surface area contributed by atoms with Gasteiger partial charge >= 0.3 is 0 Å². The highest BCUT2D eigenvalue weighted by Gasteiger charge is 2.59. The quantitative estimate of drug-likeness (QED) is 0.440. The number of aliphatic hydroxyl groups is 2. The van der Waals surface area contributed by atoms with E-state index in [-0.39, 0.29) is 6.10 Å². The second-order valence-electron chi connectivity index (χ2n) is 13.2. The van der Waals surface area contributed by atoms with E-state index in [1.165, 1.54) is 44.9 Å². The lowest BCUT2D eigenvalue weighted by Crippen LogP contribution is -2.50. The maximum atomic E-state index is 10.5. The second kappa shape index (κ2) is 8.46. The van der Waals surface area contributed by atoms with Crippen molar-refractivity contribution in [3.8, 4) is 0 Å². The minimum atomic E-state index is -0.552. The molecule has 31 heavy (non-hydrogen) atoms. The van der Waals surface area contributed by atoms with Gasteiger partial charge in [0.05, 0.1) is 11.7 Å². The summed E-state index contributed by atoms with van der Waals surface area (Å²) < 4.78 is 0. The minimum Gasteiger partial charge on any atom is -0.393 e. The predicted octanol–water partition coefficient (Wildman–Crippen LogP) is 7.14. The Balaban J connectivity index is 1.47. The molecule has 3 fully saturated rings. The lowest BCUT2D eigenvalue weighted by Gasteiger charge is -2.58. The molecule has 9 atom stereocenters. The van der Waals surface area contributed by atoms with Crippen LogP contribution in [0.15, 0.2) is 11.6 Å². The number of allylic oxidation sites excluding steroid dienone is 1. The fourth-order valence-electron chi connectivity index (χ4n) is 9.34. The maximum Gasteiger partial charge on any atom is 0.0619 e. The molecule has 0 amide bonds. The Morgan fingerprint density at radius 2 is 1.81 bits per heavy atom. The Bertz CT molecular complexity index is 675. The molecule has 0 aliphatic heterocycles. The van der Waals surface area contributed by atoms with Gasteiger partial charge in [0.2, 0.25) is 0 Å². The van der Waals surface area contributed by atoms with E-state index in [1.807, 2.05) is 13.8 Å².